The van der Waals surface area contributed by atoms with E-state index in [0.717, 1.165) is 25.7 Å². The lowest BCUT2D eigenvalue weighted by Crippen LogP contribution is -2.43. The van der Waals surface area contributed by atoms with Gasteiger partial charge < -0.3 is 10.1 Å². The molecular formula is C17H22FNO3. The van der Waals surface area contributed by atoms with Gasteiger partial charge in [0, 0.05) is 12.8 Å². The third-order valence-corrected chi connectivity index (χ3v) is 4.15. The fourth-order valence-electron chi connectivity index (χ4n) is 2.95. The van der Waals surface area contributed by atoms with Gasteiger partial charge in [0.2, 0.25) is 5.91 Å². The molecule has 4 nitrogen and oxygen atoms in total. The molecule has 0 aliphatic heterocycles. The Labute approximate surface area is 130 Å². The van der Waals surface area contributed by atoms with Gasteiger partial charge in [0.05, 0.1) is 7.11 Å². The number of amides is 1. The number of esters is 1. The second-order valence-corrected chi connectivity index (χ2v) is 5.79. The van der Waals surface area contributed by atoms with Crippen LogP contribution in [0.15, 0.2) is 24.3 Å². The standard InChI is InChI=1S/C17H22FNO3/c1-22-17(21)15(11-13-8-4-5-9-14(13)18)19-16(20)10-12-6-2-3-7-12/h4-5,8-9,12,15H,2-3,6-7,10-11H2,1H3,(H,19,20)/t15-/m1/s1. The second kappa shape index (κ2) is 7.92. The zero-order valence-electron chi connectivity index (χ0n) is 12.8. The number of hydrogen-bond acceptors (Lipinski definition) is 3. The molecule has 1 aliphatic carbocycles. The van der Waals surface area contributed by atoms with Crippen molar-refractivity contribution < 1.29 is 18.7 Å². The van der Waals surface area contributed by atoms with Crippen LogP contribution in [0.4, 0.5) is 4.39 Å². The number of ether oxygens (including phenoxy) is 1. The normalized spacial score (nSPS) is 16.3. The van der Waals surface area contributed by atoms with E-state index in [-0.39, 0.29) is 18.1 Å². The van der Waals surface area contributed by atoms with Crippen LogP contribution in [0.2, 0.25) is 0 Å². The Bertz CT molecular complexity index is 526. The van der Waals surface area contributed by atoms with E-state index in [1.54, 1.807) is 18.2 Å². The van der Waals surface area contributed by atoms with E-state index in [1.807, 2.05) is 0 Å². The predicted molar refractivity (Wildman–Crippen MR) is 80.6 cm³/mol. The molecule has 0 aromatic heterocycles. The van der Waals surface area contributed by atoms with E-state index < -0.39 is 12.0 Å². The number of methoxy groups -OCH3 is 1. The highest BCUT2D eigenvalue weighted by Crippen LogP contribution is 2.27. The predicted octanol–water partition coefficient (Wildman–Crippen LogP) is 2.61. The quantitative estimate of drug-likeness (QED) is 0.822. The molecule has 1 atom stereocenters. The average molecular weight is 307 g/mol. The summed E-state index contributed by atoms with van der Waals surface area (Å²) in [7, 11) is 1.26. The fourth-order valence-corrected chi connectivity index (χ4v) is 2.95. The number of carbonyl (C=O) groups is 2. The summed E-state index contributed by atoms with van der Waals surface area (Å²) in [4.78, 5) is 23.9. The van der Waals surface area contributed by atoms with Gasteiger partial charge in [-0.2, -0.15) is 0 Å². The maximum atomic E-state index is 13.7. The smallest absolute Gasteiger partial charge is 0.328 e. The molecule has 22 heavy (non-hydrogen) atoms. The van der Waals surface area contributed by atoms with E-state index in [9.17, 15) is 14.0 Å². The molecule has 0 saturated heterocycles. The molecule has 0 radical (unpaired) electrons. The van der Waals surface area contributed by atoms with Crippen molar-refractivity contribution in [3.8, 4) is 0 Å². The van der Waals surface area contributed by atoms with Crippen LogP contribution in [-0.4, -0.2) is 25.0 Å². The van der Waals surface area contributed by atoms with Crippen LogP contribution >= 0.6 is 0 Å². The van der Waals surface area contributed by atoms with Crippen molar-refractivity contribution in [1.82, 2.24) is 5.32 Å². The zero-order valence-corrected chi connectivity index (χ0v) is 12.8. The van der Waals surface area contributed by atoms with Crippen molar-refractivity contribution in [3.05, 3.63) is 35.6 Å². The Balaban J connectivity index is 1.98. The van der Waals surface area contributed by atoms with Crippen LogP contribution < -0.4 is 5.32 Å². The molecule has 1 amide bonds. The molecule has 1 fully saturated rings. The minimum Gasteiger partial charge on any atom is -0.467 e. The highest BCUT2D eigenvalue weighted by atomic mass is 19.1. The van der Waals surface area contributed by atoms with Gasteiger partial charge in [-0.1, -0.05) is 31.0 Å². The Hall–Kier alpha value is -1.91. The van der Waals surface area contributed by atoms with E-state index in [4.69, 9.17) is 4.74 Å². The lowest BCUT2D eigenvalue weighted by atomic mass is 10.0. The number of hydrogen-bond donors (Lipinski definition) is 1. The first kappa shape index (κ1) is 16.5. The van der Waals surface area contributed by atoms with Crippen LogP contribution in [0, 0.1) is 11.7 Å². The molecule has 1 aliphatic rings. The van der Waals surface area contributed by atoms with Crippen molar-refractivity contribution in [2.24, 2.45) is 5.92 Å². The molecule has 5 heteroatoms. The molecule has 0 spiro atoms. The molecule has 1 aromatic rings. The summed E-state index contributed by atoms with van der Waals surface area (Å²) in [6.45, 7) is 0. The Morgan fingerprint density at radius 2 is 2.00 bits per heavy atom. The third kappa shape index (κ3) is 4.55. The van der Waals surface area contributed by atoms with E-state index >= 15 is 0 Å². The van der Waals surface area contributed by atoms with Crippen molar-refractivity contribution in [2.75, 3.05) is 7.11 Å². The van der Waals surface area contributed by atoms with Gasteiger partial charge in [-0.15, -0.1) is 0 Å². The fraction of sp³-hybridized carbons (Fsp3) is 0.529. The second-order valence-electron chi connectivity index (χ2n) is 5.79. The van der Waals surface area contributed by atoms with Crippen LogP contribution in [0.25, 0.3) is 0 Å². The largest absolute Gasteiger partial charge is 0.467 e. The summed E-state index contributed by atoms with van der Waals surface area (Å²) in [5, 5.41) is 2.69. The van der Waals surface area contributed by atoms with E-state index in [1.165, 1.54) is 13.2 Å². The number of nitrogens with one attached hydrogen (secondary N) is 1. The first-order valence-electron chi connectivity index (χ1n) is 7.70. The highest BCUT2D eigenvalue weighted by molar-refractivity contribution is 5.84. The van der Waals surface area contributed by atoms with Gasteiger partial charge in [-0.3, -0.25) is 4.79 Å². The summed E-state index contributed by atoms with van der Waals surface area (Å²) in [6, 6.07) is 5.38. The Kier molecular flexibility index (Phi) is 5.92. The van der Waals surface area contributed by atoms with Crippen molar-refractivity contribution in [3.63, 3.8) is 0 Å². The van der Waals surface area contributed by atoms with Gasteiger partial charge in [0.1, 0.15) is 11.9 Å². The topological polar surface area (TPSA) is 55.4 Å². The van der Waals surface area contributed by atoms with Gasteiger partial charge in [0.25, 0.3) is 0 Å². The lowest BCUT2D eigenvalue weighted by molar-refractivity contribution is -0.145. The Morgan fingerprint density at radius 1 is 1.32 bits per heavy atom. The van der Waals surface area contributed by atoms with Crippen LogP contribution in [0.5, 0.6) is 0 Å². The number of rotatable bonds is 6. The van der Waals surface area contributed by atoms with Gasteiger partial charge in [-0.25, -0.2) is 9.18 Å². The third-order valence-electron chi connectivity index (χ3n) is 4.15. The van der Waals surface area contributed by atoms with E-state index in [0.29, 0.717) is 17.9 Å². The lowest BCUT2D eigenvalue weighted by Gasteiger charge is -2.18. The summed E-state index contributed by atoms with van der Waals surface area (Å²) >= 11 is 0. The van der Waals surface area contributed by atoms with Crippen molar-refractivity contribution in [2.45, 2.75) is 44.6 Å². The summed E-state index contributed by atoms with van der Waals surface area (Å²) < 4.78 is 18.4. The molecule has 1 saturated carbocycles. The van der Waals surface area contributed by atoms with Crippen LogP contribution in [-0.2, 0) is 20.7 Å². The first-order valence-corrected chi connectivity index (χ1v) is 7.70. The Morgan fingerprint density at radius 3 is 2.64 bits per heavy atom. The van der Waals surface area contributed by atoms with Crippen LogP contribution in [0.3, 0.4) is 0 Å². The summed E-state index contributed by atoms with van der Waals surface area (Å²) in [6.07, 6.45) is 4.95. The van der Waals surface area contributed by atoms with Gasteiger partial charge >= 0.3 is 5.97 Å². The number of benzene rings is 1. The van der Waals surface area contributed by atoms with Crippen molar-refractivity contribution >= 4 is 11.9 Å². The molecule has 2 rings (SSSR count). The summed E-state index contributed by atoms with van der Waals surface area (Å²) in [5.74, 6) is -0.713. The molecule has 0 heterocycles. The van der Waals surface area contributed by atoms with Gasteiger partial charge in [0.15, 0.2) is 0 Å². The molecule has 1 aromatic carbocycles. The zero-order chi connectivity index (χ0) is 15.9. The molecule has 120 valence electrons. The molecule has 0 bridgehead atoms. The van der Waals surface area contributed by atoms with E-state index in [2.05, 4.69) is 5.32 Å². The minimum atomic E-state index is -0.851. The average Bonchev–Trinajstić information content (AvgIpc) is 3.00. The molecule has 0 unspecified atom stereocenters. The number of halogens is 1. The molecule has 1 N–H and O–H groups in total. The minimum absolute atomic E-state index is 0.0930. The highest BCUT2D eigenvalue weighted by Gasteiger charge is 2.25. The first-order chi connectivity index (χ1) is 10.6. The summed E-state index contributed by atoms with van der Waals surface area (Å²) in [5.41, 5.74) is 0.388. The van der Waals surface area contributed by atoms with Gasteiger partial charge in [-0.05, 0) is 30.4 Å². The molecular weight excluding hydrogens is 285 g/mol. The SMILES string of the molecule is COC(=O)[C@@H](Cc1ccccc1F)NC(=O)CC1CCCC1. The monoisotopic (exact) mass is 307 g/mol. The maximum absolute atomic E-state index is 13.7. The maximum Gasteiger partial charge on any atom is 0.328 e. The van der Waals surface area contributed by atoms with Crippen LogP contribution in [0.1, 0.15) is 37.7 Å². The van der Waals surface area contributed by atoms with Crippen molar-refractivity contribution in [1.29, 1.82) is 0 Å². The number of carbonyl (C=O) groups excluding carboxylic acids is 2.